The van der Waals surface area contributed by atoms with E-state index in [1.807, 2.05) is 0 Å². The average molecular weight is 245 g/mol. The molecule has 0 N–H and O–H groups in total. The number of rotatable bonds is 6. The van der Waals surface area contributed by atoms with E-state index in [0.717, 1.165) is 12.0 Å². The van der Waals surface area contributed by atoms with E-state index in [4.69, 9.17) is 4.12 Å². The summed E-state index contributed by atoms with van der Waals surface area (Å²) >= 11 is 0. The summed E-state index contributed by atoms with van der Waals surface area (Å²) in [7, 11) is -2.92. The van der Waals surface area contributed by atoms with Crippen molar-refractivity contribution in [3.8, 4) is 0 Å². The van der Waals surface area contributed by atoms with E-state index < -0.39 is 16.6 Å². The number of allylic oxidation sites excluding steroid dienone is 1. The predicted octanol–water partition coefficient (Wildman–Crippen LogP) is 4.79. The molecule has 1 nitrogen and oxygen atoms in total. The first-order valence-corrected chi connectivity index (χ1v) is 12.3. The van der Waals surface area contributed by atoms with E-state index in [9.17, 15) is 0 Å². The molecule has 0 fully saturated rings. The van der Waals surface area contributed by atoms with Crippen LogP contribution in [0.25, 0.3) is 0 Å². The van der Waals surface area contributed by atoms with E-state index in [0.29, 0.717) is 0 Å². The zero-order valence-electron chi connectivity index (χ0n) is 11.6. The predicted molar refractivity (Wildman–Crippen MR) is 75.4 cm³/mol. The first kappa shape index (κ1) is 15.1. The Balaban J connectivity index is 4.58. The lowest BCUT2D eigenvalue weighted by Crippen LogP contribution is -2.45. The Kier molecular flexibility index (Phi) is 5.51. The van der Waals surface area contributed by atoms with Crippen molar-refractivity contribution in [3.05, 3.63) is 12.2 Å². The Morgan fingerprint density at radius 3 is 1.93 bits per heavy atom. The normalized spacial score (nSPS) is 15.1. The van der Waals surface area contributed by atoms with Crippen LogP contribution in [-0.4, -0.2) is 16.6 Å². The summed E-state index contributed by atoms with van der Waals surface area (Å²) in [6.45, 7) is 20.0. The molecule has 0 rings (SSSR count). The molecule has 0 heterocycles. The Morgan fingerprint density at radius 1 is 1.20 bits per heavy atom. The highest BCUT2D eigenvalue weighted by Gasteiger charge is 2.36. The Bertz CT molecular complexity index is 216. The molecule has 0 amide bonds. The van der Waals surface area contributed by atoms with Gasteiger partial charge in [-0.2, -0.15) is 0 Å². The zero-order chi connectivity index (χ0) is 12.3. The van der Waals surface area contributed by atoms with Crippen molar-refractivity contribution in [1.29, 1.82) is 0 Å². The SMILES string of the molecule is C=C(C)CC(CC)[Si](C)(C)O[Si](C)(C)C. The monoisotopic (exact) mass is 244 g/mol. The van der Waals surface area contributed by atoms with E-state index in [1.165, 1.54) is 12.0 Å². The zero-order valence-corrected chi connectivity index (χ0v) is 13.6. The van der Waals surface area contributed by atoms with Crippen LogP contribution in [-0.2, 0) is 4.12 Å². The molecule has 0 aromatic heterocycles. The van der Waals surface area contributed by atoms with Crippen LogP contribution in [0.1, 0.15) is 26.7 Å². The lowest BCUT2D eigenvalue weighted by molar-refractivity contribution is 0.513. The lowest BCUT2D eigenvalue weighted by atomic mass is 10.1. The molecule has 0 radical (unpaired) electrons. The van der Waals surface area contributed by atoms with Crippen LogP contribution in [0.4, 0.5) is 0 Å². The van der Waals surface area contributed by atoms with Crippen molar-refractivity contribution in [2.75, 3.05) is 0 Å². The van der Waals surface area contributed by atoms with Crippen LogP contribution in [0, 0.1) is 0 Å². The van der Waals surface area contributed by atoms with Gasteiger partial charge in [-0.25, -0.2) is 0 Å². The standard InChI is InChI=1S/C12H28OSi2/c1-9-12(10-11(2)3)15(7,8)13-14(4,5)6/h12H,2,9-10H2,1,3-8H3. The van der Waals surface area contributed by atoms with Crippen molar-refractivity contribution >= 4 is 16.6 Å². The van der Waals surface area contributed by atoms with Crippen LogP contribution in [0.3, 0.4) is 0 Å². The Hall–Kier alpha value is 0.134. The minimum absolute atomic E-state index is 0.724. The summed E-state index contributed by atoms with van der Waals surface area (Å²) < 4.78 is 6.42. The van der Waals surface area contributed by atoms with Crippen LogP contribution >= 0.6 is 0 Å². The number of hydrogen-bond donors (Lipinski definition) is 0. The molecule has 3 heteroatoms. The van der Waals surface area contributed by atoms with Gasteiger partial charge in [0.2, 0.25) is 0 Å². The molecule has 1 unspecified atom stereocenters. The highest BCUT2D eigenvalue weighted by Crippen LogP contribution is 2.34. The van der Waals surface area contributed by atoms with Crippen molar-refractivity contribution < 1.29 is 4.12 Å². The van der Waals surface area contributed by atoms with Gasteiger partial charge in [-0.15, -0.1) is 6.58 Å². The van der Waals surface area contributed by atoms with Gasteiger partial charge >= 0.3 is 0 Å². The summed E-state index contributed by atoms with van der Waals surface area (Å²) in [5.74, 6) is 0. The molecule has 0 aromatic carbocycles. The molecule has 0 spiro atoms. The van der Waals surface area contributed by atoms with E-state index in [1.54, 1.807) is 0 Å². The minimum atomic E-state index is -1.53. The summed E-state index contributed by atoms with van der Waals surface area (Å²) in [6.07, 6.45) is 2.36. The highest BCUT2D eigenvalue weighted by molar-refractivity contribution is 6.85. The topological polar surface area (TPSA) is 9.23 Å². The van der Waals surface area contributed by atoms with Crippen molar-refractivity contribution in [3.63, 3.8) is 0 Å². The smallest absolute Gasteiger partial charge is 0.176 e. The van der Waals surface area contributed by atoms with E-state index in [-0.39, 0.29) is 0 Å². The van der Waals surface area contributed by atoms with Crippen molar-refractivity contribution in [2.45, 2.75) is 65.0 Å². The molecule has 0 aliphatic heterocycles. The molecular weight excluding hydrogens is 216 g/mol. The molecule has 15 heavy (non-hydrogen) atoms. The van der Waals surface area contributed by atoms with Gasteiger partial charge in [0.05, 0.1) is 0 Å². The fourth-order valence-corrected chi connectivity index (χ4v) is 11.0. The van der Waals surface area contributed by atoms with Crippen LogP contribution < -0.4 is 0 Å². The van der Waals surface area contributed by atoms with Gasteiger partial charge in [-0.1, -0.05) is 18.9 Å². The van der Waals surface area contributed by atoms with E-state index >= 15 is 0 Å². The number of hydrogen-bond acceptors (Lipinski definition) is 1. The minimum Gasteiger partial charge on any atom is -0.455 e. The van der Waals surface area contributed by atoms with Gasteiger partial charge in [0.25, 0.3) is 0 Å². The molecule has 0 saturated heterocycles. The van der Waals surface area contributed by atoms with Gasteiger partial charge in [0.1, 0.15) is 0 Å². The van der Waals surface area contributed by atoms with Crippen molar-refractivity contribution in [2.24, 2.45) is 0 Å². The summed E-state index contributed by atoms with van der Waals surface area (Å²) in [5.41, 5.74) is 2.02. The third-order valence-electron chi connectivity index (χ3n) is 2.64. The van der Waals surface area contributed by atoms with Gasteiger partial charge < -0.3 is 4.12 Å². The van der Waals surface area contributed by atoms with Gasteiger partial charge in [0, 0.05) is 0 Å². The van der Waals surface area contributed by atoms with Gasteiger partial charge in [-0.05, 0) is 51.6 Å². The third kappa shape index (κ3) is 6.33. The first-order chi connectivity index (χ1) is 6.58. The third-order valence-corrected chi connectivity index (χ3v) is 9.77. The lowest BCUT2D eigenvalue weighted by Gasteiger charge is -2.37. The largest absolute Gasteiger partial charge is 0.455 e. The maximum Gasteiger partial charge on any atom is 0.176 e. The Labute approximate surface area is 98.2 Å². The quantitative estimate of drug-likeness (QED) is 0.482. The second-order valence-electron chi connectivity index (χ2n) is 6.08. The summed E-state index contributed by atoms with van der Waals surface area (Å²) in [4.78, 5) is 0. The second-order valence-corrected chi connectivity index (χ2v) is 15.1. The van der Waals surface area contributed by atoms with Crippen LogP contribution in [0.5, 0.6) is 0 Å². The van der Waals surface area contributed by atoms with Crippen LogP contribution in [0.15, 0.2) is 12.2 Å². The molecule has 0 bridgehead atoms. The molecule has 0 saturated carbocycles. The van der Waals surface area contributed by atoms with Crippen molar-refractivity contribution in [1.82, 2.24) is 0 Å². The fourth-order valence-electron chi connectivity index (χ4n) is 2.17. The summed E-state index contributed by atoms with van der Waals surface area (Å²) in [5, 5.41) is 0. The molecule has 0 aliphatic carbocycles. The Morgan fingerprint density at radius 2 is 1.67 bits per heavy atom. The molecular formula is C12H28OSi2. The van der Waals surface area contributed by atoms with Gasteiger partial charge in [-0.3, -0.25) is 0 Å². The van der Waals surface area contributed by atoms with Crippen LogP contribution in [0.2, 0.25) is 38.3 Å². The average Bonchev–Trinajstić information content (AvgIpc) is 1.94. The molecule has 90 valence electrons. The molecule has 0 aromatic rings. The van der Waals surface area contributed by atoms with Gasteiger partial charge in [0.15, 0.2) is 16.6 Å². The van der Waals surface area contributed by atoms with E-state index in [2.05, 4.69) is 53.2 Å². The second kappa shape index (κ2) is 5.46. The maximum absolute atomic E-state index is 6.42. The maximum atomic E-state index is 6.42. The summed E-state index contributed by atoms with van der Waals surface area (Å²) in [6, 6.07) is 0. The molecule has 1 atom stereocenters. The molecule has 0 aliphatic rings. The first-order valence-electron chi connectivity index (χ1n) is 5.93. The highest BCUT2D eigenvalue weighted by atomic mass is 28.4. The fraction of sp³-hybridized carbons (Fsp3) is 0.833.